The van der Waals surface area contributed by atoms with Crippen molar-refractivity contribution in [1.82, 2.24) is 4.98 Å². The molecule has 0 radical (unpaired) electrons. The maximum atomic E-state index is 12.3. The van der Waals surface area contributed by atoms with Crippen LogP contribution in [0.1, 0.15) is 17.3 Å². The molecule has 27 heavy (non-hydrogen) atoms. The van der Waals surface area contributed by atoms with E-state index in [1.165, 1.54) is 36.5 Å². The molecule has 6 nitrogen and oxygen atoms in total. The summed E-state index contributed by atoms with van der Waals surface area (Å²) >= 11 is 7.13. The monoisotopic (exact) mass is 401 g/mol. The Morgan fingerprint density at radius 3 is 2.67 bits per heavy atom. The molecule has 1 aromatic heterocycles. The summed E-state index contributed by atoms with van der Waals surface area (Å²) in [6, 6.07) is 14.0. The number of benzene rings is 2. The number of esters is 1. The number of halogens is 1. The summed E-state index contributed by atoms with van der Waals surface area (Å²) in [5, 5.41) is 5.27. The van der Waals surface area contributed by atoms with Crippen LogP contribution in [0.4, 0.5) is 10.8 Å². The molecular weight excluding hydrogens is 386 g/mol. The fraction of sp³-hybridized carbons (Fsp3) is 0.105. The number of ether oxygens (including phenoxy) is 1. The number of thiazole rings is 1. The normalized spacial score (nSPS) is 11.6. The van der Waals surface area contributed by atoms with Crippen LogP contribution in [-0.4, -0.2) is 23.0 Å². The summed E-state index contributed by atoms with van der Waals surface area (Å²) in [6.45, 7) is 1.48. The van der Waals surface area contributed by atoms with E-state index in [0.717, 1.165) is 11.3 Å². The maximum Gasteiger partial charge on any atom is 0.338 e. The molecule has 1 atom stereocenters. The molecule has 0 aliphatic heterocycles. The highest BCUT2D eigenvalue weighted by atomic mass is 35.5. The van der Waals surface area contributed by atoms with Gasteiger partial charge < -0.3 is 10.5 Å². The number of carbonyl (C=O) groups excluding carboxylic acids is 2. The Morgan fingerprint density at radius 1 is 1.22 bits per heavy atom. The van der Waals surface area contributed by atoms with Gasteiger partial charge >= 0.3 is 5.97 Å². The van der Waals surface area contributed by atoms with Gasteiger partial charge in [-0.2, -0.15) is 0 Å². The molecule has 1 heterocycles. The Morgan fingerprint density at radius 2 is 1.96 bits per heavy atom. The van der Waals surface area contributed by atoms with Gasteiger partial charge in [0.15, 0.2) is 11.2 Å². The highest BCUT2D eigenvalue weighted by molar-refractivity contribution is 7.14. The summed E-state index contributed by atoms with van der Waals surface area (Å²) in [4.78, 5) is 28.8. The van der Waals surface area contributed by atoms with Crippen LogP contribution in [0.2, 0.25) is 5.02 Å². The van der Waals surface area contributed by atoms with Gasteiger partial charge in [-0.1, -0.05) is 41.9 Å². The second kappa shape index (κ2) is 8.20. The van der Waals surface area contributed by atoms with Gasteiger partial charge in [0.25, 0.3) is 5.91 Å². The number of anilines is 2. The van der Waals surface area contributed by atoms with Gasteiger partial charge in [-0.3, -0.25) is 10.1 Å². The largest absolute Gasteiger partial charge is 0.449 e. The van der Waals surface area contributed by atoms with Crippen LogP contribution in [0.25, 0.3) is 11.3 Å². The third-order valence-corrected chi connectivity index (χ3v) is 4.79. The van der Waals surface area contributed by atoms with Crippen LogP contribution in [-0.2, 0) is 9.53 Å². The minimum atomic E-state index is -1.00. The van der Waals surface area contributed by atoms with Crippen molar-refractivity contribution in [3.05, 3.63) is 64.5 Å². The van der Waals surface area contributed by atoms with E-state index in [4.69, 9.17) is 22.1 Å². The van der Waals surface area contributed by atoms with Crippen molar-refractivity contribution < 1.29 is 14.3 Å². The predicted octanol–water partition coefficient (Wildman–Crippen LogP) is 4.23. The van der Waals surface area contributed by atoms with Crippen molar-refractivity contribution in [1.29, 1.82) is 0 Å². The lowest BCUT2D eigenvalue weighted by molar-refractivity contribution is -0.123. The molecule has 0 unspecified atom stereocenters. The van der Waals surface area contributed by atoms with Gasteiger partial charge in [-0.25, -0.2) is 9.78 Å². The number of nitrogens with one attached hydrogen (secondary N) is 1. The van der Waals surface area contributed by atoms with E-state index < -0.39 is 18.0 Å². The topological polar surface area (TPSA) is 94.3 Å². The van der Waals surface area contributed by atoms with E-state index >= 15 is 0 Å². The maximum absolute atomic E-state index is 12.3. The van der Waals surface area contributed by atoms with Crippen LogP contribution in [0.3, 0.4) is 0 Å². The minimum Gasteiger partial charge on any atom is -0.449 e. The zero-order valence-corrected chi connectivity index (χ0v) is 15.9. The minimum absolute atomic E-state index is 0.220. The lowest BCUT2D eigenvalue weighted by Crippen LogP contribution is -2.30. The Balaban J connectivity index is 1.61. The second-order valence-corrected chi connectivity index (χ2v) is 6.94. The molecule has 0 aliphatic rings. The van der Waals surface area contributed by atoms with Crippen molar-refractivity contribution in [2.24, 2.45) is 0 Å². The Kier molecular flexibility index (Phi) is 5.73. The van der Waals surface area contributed by atoms with E-state index in [2.05, 4.69) is 10.3 Å². The molecule has 0 bridgehead atoms. The zero-order valence-electron chi connectivity index (χ0n) is 14.3. The van der Waals surface area contributed by atoms with Gasteiger partial charge in [0.05, 0.1) is 22.0 Å². The van der Waals surface area contributed by atoms with Gasteiger partial charge in [0.2, 0.25) is 0 Å². The summed E-state index contributed by atoms with van der Waals surface area (Å²) in [5.74, 6) is -1.13. The SMILES string of the molecule is C[C@H](OC(=O)c1ccc(Cl)c(N)c1)C(=O)Nc1nc(-c2ccccc2)cs1. The highest BCUT2D eigenvalue weighted by Crippen LogP contribution is 2.25. The first-order valence-electron chi connectivity index (χ1n) is 8.02. The first-order chi connectivity index (χ1) is 12.9. The third-order valence-electron chi connectivity index (χ3n) is 3.69. The van der Waals surface area contributed by atoms with E-state index in [1.54, 1.807) is 0 Å². The first kappa shape index (κ1) is 18.9. The van der Waals surface area contributed by atoms with Crippen molar-refractivity contribution in [3.63, 3.8) is 0 Å². The van der Waals surface area contributed by atoms with Crippen LogP contribution in [0, 0.1) is 0 Å². The number of nitrogen functional groups attached to an aromatic ring is 1. The summed E-state index contributed by atoms with van der Waals surface area (Å²) in [6.07, 6.45) is -1.00. The van der Waals surface area contributed by atoms with Crippen molar-refractivity contribution >= 4 is 45.6 Å². The van der Waals surface area contributed by atoms with E-state index in [0.29, 0.717) is 10.2 Å². The number of nitrogens with two attached hydrogens (primary N) is 1. The predicted molar refractivity (Wildman–Crippen MR) is 107 cm³/mol. The Hall–Kier alpha value is -2.90. The van der Waals surface area contributed by atoms with Crippen LogP contribution >= 0.6 is 22.9 Å². The quantitative estimate of drug-likeness (QED) is 0.492. The third kappa shape index (κ3) is 4.64. The van der Waals surface area contributed by atoms with E-state index in [1.807, 2.05) is 35.7 Å². The van der Waals surface area contributed by atoms with Crippen LogP contribution in [0.15, 0.2) is 53.9 Å². The van der Waals surface area contributed by atoms with Gasteiger partial charge in [-0.15, -0.1) is 11.3 Å². The molecule has 0 saturated carbocycles. The van der Waals surface area contributed by atoms with E-state index in [-0.39, 0.29) is 11.3 Å². The lowest BCUT2D eigenvalue weighted by Gasteiger charge is -2.12. The molecule has 0 fully saturated rings. The molecule has 0 saturated heterocycles. The standard InChI is InChI=1S/C19H16ClN3O3S/c1-11(26-18(25)13-7-8-14(20)15(21)9-13)17(24)23-19-22-16(10-27-19)12-5-3-2-4-6-12/h2-11H,21H2,1H3,(H,22,23,24)/t11-/m0/s1. The van der Waals surface area contributed by atoms with Crippen LogP contribution in [0.5, 0.6) is 0 Å². The smallest absolute Gasteiger partial charge is 0.338 e. The highest BCUT2D eigenvalue weighted by Gasteiger charge is 2.20. The van der Waals surface area contributed by atoms with Gasteiger partial charge in [0.1, 0.15) is 0 Å². The second-order valence-electron chi connectivity index (χ2n) is 5.68. The summed E-state index contributed by atoms with van der Waals surface area (Å²) in [5.41, 5.74) is 7.87. The molecule has 138 valence electrons. The fourth-order valence-electron chi connectivity index (χ4n) is 2.23. The fourth-order valence-corrected chi connectivity index (χ4v) is 3.07. The van der Waals surface area contributed by atoms with Gasteiger partial charge in [-0.05, 0) is 25.1 Å². The number of aromatic nitrogens is 1. The summed E-state index contributed by atoms with van der Waals surface area (Å²) < 4.78 is 5.18. The number of hydrogen-bond donors (Lipinski definition) is 2. The molecule has 8 heteroatoms. The van der Waals surface area contributed by atoms with Crippen molar-refractivity contribution in [3.8, 4) is 11.3 Å². The summed E-state index contributed by atoms with van der Waals surface area (Å²) in [7, 11) is 0. The zero-order chi connectivity index (χ0) is 19.4. The average molecular weight is 402 g/mol. The molecule has 3 aromatic rings. The number of hydrogen-bond acceptors (Lipinski definition) is 6. The van der Waals surface area contributed by atoms with Crippen molar-refractivity contribution in [2.75, 3.05) is 11.1 Å². The Labute approximate surface area is 164 Å². The molecule has 3 N–H and O–H groups in total. The van der Waals surface area contributed by atoms with E-state index in [9.17, 15) is 9.59 Å². The average Bonchev–Trinajstić information content (AvgIpc) is 3.13. The number of carbonyl (C=O) groups is 2. The van der Waals surface area contributed by atoms with Crippen LogP contribution < -0.4 is 11.1 Å². The Bertz CT molecular complexity index is 975. The molecule has 0 aliphatic carbocycles. The molecule has 3 rings (SSSR count). The van der Waals surface area contributed by atoms with Gasteiger partial charge in [0, 0.05) is 10.9 Å². The van der Waals surface area contributed by atoms with Crippen molar-refractivity contribution in [2.45, 2.75) is 13.0 Å². The number of nitrogens with zero attached hydrogens (tertiary/aromatic N) is 1. The number of amides is 1. The molecular formula is C19H16ClN3O3S. The first-order valence-corrected chi connectivity index (χ1v) is 9.27. The number of rotatable bonds is 5. The molecule has 2 aromatic carbocycles. The molecule has 1 amide bonds. The molecule has 0 spiro atoms. The lowest BCUT2D eigenvalue weighted by atomic mass is 10.2.